The zero-order valence-electron chi connectivity index (χ0n) is 21.7. The third-order valence-electron chi connectivity index (χ3n) is 5.93. The molecule has 0 N–H and O–H groups in total. The number of methoxy groups -OCH3 is 1. The summed E-state index contributed by atoms with van der Waals surface area (Å²) in [6.45, 7) is 3.78. The van der Waals surface area contributed by atoms with Crippen LogP contribution in [0, 0.1) is 0 Å². The van der Waals surface area contributed by atoms with Crippen LogP contribution in [0.15, 0.2) is 83.9 Å². The highest BCUT2D eigenvalue weighted by Crippen LogP contribution is 2.37. The van der Waals surface area contributed by atoms with Crippen molar-refractivity contribution in [3.05, 3.63) is 85.5 Å². The van der Waals surface area contributed by atoms with Gasteiger partial charge in [0.25, 0.3) is 5.56 Å². The summed E-state index contributed by atoms with van der Waals surface area (Å²) >= 11 is 6.98. The van der Waals surface area contributed by atoms with Crippen molar-refractivity contribution in [2.45, 2.75) is 20.0 Å². The van der Waals surface area contributed by atoms with Crippen molar-refractivity contribution in [2.75, 3.05) is 13.7 Å². The number of carbonyl (C=O) groups is 1. The highest BCUT2D eigenvalue weighted by atomic mass is 79.9. The highest BCUT2D eigenvalue weighted by molar-refractivity contribution is 9.10. The van der Waals surface area contributed by atoms with Gasteiger partial charge >= 0.3 is 5.97 Å². The van der Waals surface area contributed by atoms with Crippen molar-refractivity contribution in [3.63, 3.8) is 0 Å². The van der Waals surface area contributed by atoms with E-state index in [1.807, 2.05) is 37.3 Å². The van der Waals surface area contributed by atoms with Crippen LogP contribution in [0.4, 0.5) is 0 Å². The first-order chi connectivity index (χ1) is 19.3. The summed E-state index contributed by atoms with van der Waals surface area (Å²) < 4.78 is 25.0. The van der Waals surface area contributed by atoms with Gasteiger partial charge in [0, 0.05) is 9.86 Å². The van der Waals surface area contributed by atoms with Crippen LogP contribution >= 0.6 is 31.9 Å². The van der Waals surface area contributed by atoms with Crippen LogP contribution in [-0.2, 0) is 9.53 Å². The number of ether oxygens (including phenoxy) is 3. The number of hydrogen-bond acceptors (Lipinski definition) is 8. The molecule has 2 aromatic heterocycles. The van der Waals surface area contributed by atoms with Crippen LogP contribution in [-0.4, -0.2) is 41.7 Å². The highest BCUT2D eigenvalue weighted by Gasteiger charge is 2.21. The fourth-order valence-corrected chi connectivity index (χ4v) is 5.00. The molecule has 0 aliphatic heterocycles. The molecule has 11 heteroatoms. The molecule has 1 atom stereocenters. The molecular formula is C29H23Br2N3O6. The van der Waals surface area contributed by atoms with Gasteiger partial charge in [0.1, 0.15) is 5.58 Å². The Morgan fingerprint density at radius 2 is 1.95 bits per heavy atom. The van der Waals surface area contributed by atoms with Gasteiger partial charge in [-0.2, -0.15) is 9.78 Å². The number of esters is 1. The average molecular weight is 669 g/mol. The number of rotatable bonds is 8. The SMILES string of the molecule is CCOc1cc(C=Nn2c(-c3cc4cc(Br)ccc4o3)nc3ccccc3c2=O)cc(Br)c1O[C@H](C)C(=O)OC. The summed E-state index contributed by atoms with van der Waals surface area (Å²) in [5.74, 6) is 0.860. The first-order valence-electron chi connectivity index (χ1n) is 12.3. The second kappa shape index (κ2) is 11.6. The lowest BCUT2D eigenvalue weighted by molar-refractivity contribution is -0.147. The zero-order chi connectivity index (χ0) is 28.4. The Morgan fingerprint density at radius 3 is 2.73 bits per heavy atom. The number of benzene rings is 3. The lowest BCUT2D eigenvalue weighted by Gasteiger charge is -2.17. The molecule has 0 amide bonds. The van der Waals surface area contributed by atoms with Crippen molar-refractivity contribution >= 4 is 65.9 Å². The van der Waals surface area contributed by atoms with Gasteiger partial charge in [-0.05, 0) is 83.9 Å². The van der Waals surface area contributed by atoms with Crippen LogP contribution in [0.25, 0.3) is 33.5 Å². The number of carbonyl (C=O) groups excluding carboxylic acids is 1. The van der Waals surface area contributed by atoms with Crippen LogP contribution < -0.4 is 15.0 Å². The number of furan rings is 1. The predicted molar refractivity (Wildman–Crippen MR) is 159 cm³/mol. The standard InChI is InChI=1S/C29H23Br2N3O6/c1-4-38-24-12-17(11-21(31)26(24)39-16(2)29(36)37-3)15-32-34-27(33-22-8-6-5-7-20(22)28(34)35)25-14-18-13-19(30)9-10-23(18)40-25/h5-16H,4H2,1-3H3/t16-/m1/s1. The molecule has 2 heterocycles. The second-order valence-corrected chi connectivity index (χ2v) is 10.4. The first kappa shape index (κ1) is 27.6. The Morgan fingerprint density at radius 1 is 1.15 bits per heavy atom. The van der Waals surface area contributed by atoms with Gasteiger partial charge in [-0.3, -0.25) is 4.79 Å². The van der Waals surface area contributed by atoms with Gasteiger partial charge in [0.2, 0.25) is 5.82 Å². The minimum atomic E-state index is -0.853. The third kappa shape index (κ3) is 5.52. The molecule has 0 unspecified atom stereocenters. The quantitative estimate of drug-likeness (QED) is 0.136. The average Bonchev–Trinajstić information content (AvgIpc) is 3.37. The largest absolute Gasteiger partial charge is 0.490 e. The van der Waals surface area contributed by atoms with E-state index in [9.17, 15) is 9.59 Å². The maximum Gasteiger partial charge on any atom is 0.346 e. The molecule has 40 heavy (non-hydrogen) atoms. The Bertz CT molecular complexity index is 1830. The van der Waals surface area contributed by atoms with Gasteiger partial charge in [0.05, 0.1) is 35.3 Å². The molecule has 9 nitrogen and oxygen atoms in total. The molecular weight excluding hydrogens is 646 g/mol. The van der Waals surface area contributed by atoms with Crippen LogP contribution in [0.1, 0.15) is 19.4 Å². The fraction of sp³-hybridized carbons (Fsp3) is 0.172. The predicted octanol–water partition coefficient (Wildman–Crippen LogP) is 6.56. The number of para-hydroxylation sites is 1. The van der Waals surface area contributed by atoms with Gasteiger partial charge in [-0.25, -0.2) is 9.78 Å². The lowest BCUT2D eigenvalue weighted by atomic mass is 10.2. The Labute approximate surface area is 245 Å². The van der Waals surface area contributed by atoms with E-state index in [4.69, 9.17) is 23.6 Å². The molecule has 0 bridgehead atoms. The number of hydrogen-bond donors (Lipinski definition) is 0. The van der Waals surface area contributed by atoms with Crippen molar-refractivity contribution in [3.8, 4) is 23.1 Å². The fourth-order valence-electron chi connectivity index (χ4n) is 4.07. The molecule has 0 spiro atoms. The molecule has 0 saturated heterocycles. The monoisotopic (exact) mass is 667 g/mol. The van der Waals surface area contributed by atoms with E-state index in [-0.39, 0.29) is 11.4 Å². The van der Waals surface area contributed by atoms with Crippen LogP contribution in [0.5, 0.6) is 11.5 Å². The summed E-state index contributed by atoms with van der Waals surface area (Å²) in [5.41, 5.74) is 1.43. The van der Waals surface area contributed by atoms with Gasteiger partial charge in [-0.1, -0.05) is 28.1 Å². The van der Waals surface area contributed by atoms with E-state index in [0.29, 0.717) is 50.4 Å². The van der Waals surface area contributed by atoms with E-state index in [0.717, 1.165) is 9.86 Å². The molecule has 204 valence electrons. The number of nitrogens with zero attached hydrogens (tertiary/aromatic N) is 3. The summed E-state index contributed by atoms with van der Waals surface area (Å²) in [5, 5.41) is 5.79. The molecule has 5 aromatic rings. The minimum Gasteiger partial charge on any atom is -0.490 e. The van der Waals surface area contributed by atoms with E-state index in [1.54, 1.807) is 37.3 Å². The van der Waals surface area contributed by atoms with Crippen molar-refractivity contribution < 1.29 is 23.4 Å². The second-order valence-electron chi connectivity index (χ2n) is 8.65. The molecule has 0 aliphatic rings. The lowest BCUT2D eigenvalue weighted by Crippen LogP contribution is -2.25. The summed E-state index contributed by atoms with van der Waals surface area (Å²) in [7, 11) is 1.29. The summed E-state index contributed by atoms with van der Waals surface area (Å²) in [4.78, 5) is 30.2. The summed E-state index contributed by atoms with van der Waals surface area (Å²) in [6, 6.07) is 18.0. The maximum atomic E-state index is 13.6. The third-order valence-corrected chi connectivity index (χ3v) is 7.02. The van der Waals surface area contributed by atoms with Gasteiger partial charge in [-0.15, -0.1) is 0 Å². The normalized spacial score (nSPS) is 12.2. The molecule has 0 saturated carbocycles. The van der Waals surface area contributed by atoms with E-state index < -0.39 is 12.1 Å². The van der Waals surface area contributed by atoms with Crippen molar-refractivity contribution in [2.24, 2.45) is 5.10 Å². The molecule has 5 rings (SSSR count). The molecule has 0 aliphatic carbocycles. The van der Waals surface area contributed by atoms with Crippen molar-refractivity contribution in [1.82, 2.24) is 9.66 Å². The number of fused-ring (bicyclic) bond motifs is 2. The van der Waals surface area contributed by atoms with Crippen LogP contribution in [0.3, 0.4) is 0 Å². The molecule has 3 aromatic carbocycles. The number of aromatic nitrogens is 2. The van der Waals surface area contributed by atoms with E-state index >= 15 is 0 Å². The molecule has 0 fully saturated rings. The smallest absolute Gasteiger partial charge is 0.346 e. The Hall–Kier alpha value is -3.96. The minimum absolute atomic E-state index is 0.253. The first-order valence-corrected chi connectivity index (χ1v) is 13.8. The maximum absolute atomic E-state index is 13.6. The van der Waals surface area contributed by atoms with E-state index in [1.165, 1.54) is 18.0 Å². The Kier molecular flexibility index (Phi) is 8.04. The topological polar surface area (TPSA) is 105 Å². The Balaban J connectivity index is 1.61. The van der Waals surface area contributed by atoms with Gasteiger partial charge in [0.15, 0.2) is 23.4 Å². The summed E-state index contributed by atoms with van der Waals surface area (Å²) in [6.07, 6.45) is 0.663. The number of halogens is 2. The van der Waals surface area contributed by atoms with Crippen LogP contribution in [0.2, 0.25) is 0 Å². The zero-order valence-corrected chi connectivity index (χ0v) is 24.9. The van der Waals surface area contributed by atoms with Gasteiger partial charge < -0.3 is 18.6 Å². The van der Waals surface area contributed by atoms with Crippen molar-refractivity contribution in [1.29, 1.82) is 0 Å². The van der Waals surface area contributed by atoms with E-state index in [2.05, 4.69) is 37.0 Å². The molecule has 0 radical (unpaired) electrons.